The van der Waals surface area contributed by atoms with Crippen LogP contribution in [0.5, 0.6) is 11.5 Å². The maximum absolute atomic E-state index is 12.3. The summed E-state index contributed by atoms with van der Waals surface area (Å²) in [7, 11) is 0. The van der Waals surface area contributed by atoms with Crippen LogP contribution in [0.3, 0.4) is 0 Å². The second-order valence-electron chi connectivity index (χ2n) is 7.53. The van der Waals surface area contributed by atoms with E-state index in [1.165, 1.54) is 11.9 Å². The average Bonchev–Trinajstić information content (AvgIpc) is 2.75. The predicted molar refractivity (Wildman–Crippen MR) is 125 cm³/mol. The molecule has 0 aliphatic carbocycles. The minimum Gasteiger partial charge on any atom is -0.494 e. The monoisotopic (exact) mass is 421 g/mol. The molecule has 0 bridgehead atoms. The smallest absolute Gasteiger partial charge is 0.249 e. The first-order chi connectivity index (χ1) is 15.0. The molecule has 1 aliphatic rings. The number of nitrogens with zero attached hydrogens (tertiary/aromatic N) is 2. The first-order valence-corrected chi connectivity index (χ1v) is 10.7. The second kappa shape index (κ2) is 10.7. The van der Waals surface area contributed by atoms with Crippen LogP contribution in [0.25, 0.3) is 0 Å². The number of hydrogen-bond donors (Lipinski definition) is 1. The third-order valence-electron chi connectivity index (χ3n) is 5.31. The van der Waals surface area contributed by atoms with Gasteiger partial charge >= 0.3 is 0 Å². The Hall–Kier alpha value is -3.28. The minimum atomic E-state index is -0.119. The van der Waals surface area contributed by atoms with Gasteiger partial charge in [0.25, 0.3) is 0 Å². The maximum atomic E-state index is 12.3. The summed E-state index contributed by atoms with van der Waals surface area (Å²) in [6.45, 7) is 11.7. The van der Waals surface area contributed by atoms with E-state index in [2.05, 4.69) is 34.1 Å². The van der Waals surface area contributed by atoms with Crippen LogP contribution in [0.2, 0.25) is 0 Å². The van der Waals surface area contributed by atoms with E-state index in [9.17, 15) is 4.79 Å². The molecule has 2 aromatic carbocycles. The Morgan fingerprint density at radius 2 is 1.81 bits per heavy atom. The van der Waals surface area contributed by atoms with Gasteiger partial charge in [-0.1, -0.05) is 19.1 Å². The number of nitrogens with one attached hydrogen (secondary N) is 1. The highest BCUT2D eigenvalue weighted by Gasteiger charge is 2.28. The van der Waals surface area contributed by atoms with Crippen LogP contribution in [-0.4, -0.2) is 38.4 Å². The quantitative estimate of drug-likeness (QED) is 0.452. The molecule has 31 heavy (non-hydrogen) atoms. The van der Waals surface area contributed by atoms with Crippen LogP contribution < -0.4 is 19.7 Å². The van der Waals surface area contributed by atoms with Gasteiger partial charge in [-0.05, 0) is 68.9 Å². The van der Waals surface area contributed by atoms with Crippen LogP contribution in [0.15, 0.2) is 65.3 Å². The summed E-state index contributed by atoms with van der Waals surface area (Å²) < 4.78 is 11.6. The van der Waals surface area contributed by atoms with E-state index in [0.717, 1.165) is 30.2 Å². The zero-order valence-electron chi connectivity index (χ0n) is 18.5. The number of carbonyl (C=O) groups excluding carboxylic acids is 1. The lowest BCUT2D eigenvalue weighted by molar-refractivity contribution is -0.118. The third-order valence-corrected chi connectivity index (χ3v) is 5.31. The molecule has 3 rings (SSSR count). The Kier molecular flexibility index (Phi) is 7.70. The molecule has 1 atom stereocenters. The highest BCUT2D eigenvalue weighted by Crippen LogP contribution is 2.27. The van der Waals surface area contributed by atoms with E-state index in [4.69, 9.17) is 9.47 Å². The van der Waals surface area contributed by atoms with Gasteiger partial charge < -0.3 is 19.7 Å². The van der Waals surface area contributed by atoms with E-state index in [1.54, 1.807) is 0 Å². The predicted octanol–water partition coefficient (Wildman–Crippen LogP) is 4.52. The van der Waals surface area contributed by atoms with Crippen LogP contribution in [0, 0.1) is 0 Å². The van der Waals surface area contributed by atoms with E-state index in [0.29, 0.717) is 18.6 Å². The van der Waals surface area contributed by atoms with Gasteiger partial charge in [-0.2, -0.15) is 0 Å². The van der Waals surface area contributed by atoms with Crippen molar-refractivity contribution >= 4 is 18.3 Å². The lowest BCUT2D eigenvalue weighted by Gasteiger charge is -2.40. The minimum absolute atomic E-state index is 0.111. The van der Waals surface area contributed by atoms with Gasteiger partial charge in [0.05, 0.1) is 25.7 Å². The molecule has 2 aromatic rings. The molecular formula is C25H31N3O3. The molecule has 1 amide bonds. The van der Waals surface area contributed by atoms with E-state index in [-0.39, 0.29) is 18.1 Å². The van der Waals surface area contributed by atoms with Gasteiger partial charge in [-0.25, -0.2) is 0 Å². The van der Waals surface area contributed by atoms with Crippen LogP contribution >= 0.6 is 0 Å². The lowest BCUT2D eigenvalue weighted by atomic mass is 10.1. The van der Waals surface area contributed by atoms with Crippen molar-refractivity contribution in [2.75, 3.05) is 24.6 Å². The highest BCUT2D eigenvalue weighted by molar-refractivity contribution is 5.93. The van der Waals surface area contributed by atoms with Crippen LogP contribution in [0.4, 0.5) is 5.69 Å². The Bertz CT molecular complexity index is 901. The number of benzene rings is 2. The van der Waals surface area contributed by atoms with E-state index >= 15 is 0 Å². The zero-order chi connectivity index (χ0) is 22.2. The second-order valence-corrected chi connectivity index (χ2v) is 7.53. The number of rotatable bonds is 10. The Morgan fingerprint density at radius 3 is 2.39 bits per heavy atom. The van der Waals surface area contributed by atoms with Crippen molar-refractivity contribution in [3.63, 3.8) is 0 Å². The Morgan fingerprint density at radius 1 is 1.16 bits per heavy atom. The number of amides is 1. The first kappa shape index (κ1) is 22.4. The van der Waals surface area contributed by atoms with E-state index < -0.39 is 0 Å². The Balaban J connectivity index is 1.48. The van der Waals surface area contributed by atoms with Crippen molar-refractivity contribution in [1.82, 2.24) is 5.32 Å². The van der Waals surface area contributed by atoms with Crippen molar-refractivity contribution in [2.24, 2.45) is 4.99 Å². The van der Waals surface area contributed by atoms with Gasteiger partial charge in [0.2, 0.25) is 5.91 Å². The molecule has 0 unspecified atom stereocenters. The third kappa shape index (κ3) is 5.87. The molecule has 1 saturated heterocycles. The molecular weight excluding hydrogens is 390 g/mol. The van der Waals surface area contributed by atoms with Gasteiger partial charge in [-0.15, -0.1) is 0 Å². The number of hydrogen-bond acceptors (Lipinski definition) is 5. The van der Waals surface area contributed by atoms with E-state index in [1.807, 2.05) is 57.2 Å². The largest absolute Gasteiger partial charge is 0.494 e. The summed E-state index contributed by atoms with van der Waals surface area (Å²) in [5.74, 6) is 1.61. The van der Waals surface area contributed by atoms with Gasteiger partial charge in [0.15, 0.2) is 0 Å². The summed E-state index contributed by atoms with van der Waals surface area (Å²) in [5.41, 5.74) is 2.81. The van der Waals surface area contributed by atoms with Crippen LogP contribution in [-0.2, 0) is 4.79 Å². The average molecular weight is 422 g/mol. The molecule has 0 saturated carbocycles. The number of aliphatic imine (C=N–C) groups is 1. The highest BCUT2D eigenvalue weighted by atomic mass is 16.5. The summed E-state index contributed by atoms with van der Waals surface area (Å²) in [5, 5.41) is 3.00. The fourth-order valence-corrected chi connectivity index (χ4v) is 3.46. The van der Waals surface area contributed by atoms with Gasteiger partial charge in [0.1, 0.15) is 17.6 Å². The summed E-state index contributed by atoms with van der Waals surface area (Å²) in [6.07, 6.45) is 2.28. The van der Waals surface area contributed by atoms with Crippen molar-refractivity contribution in [1.29, 1.82) is 0 Å². The fraction of sp³-hybridized carbons (Fsp3) is 0.360. The molecule has 1 N–H and O–H groups in total. The maximum Gasteiger partial charge on any atom is 0.249 e. The first-order valence-electron chi connectivity index (χ1n) is 10.7. The molecule has 0 aromatic heterocycles. The molecule has 6 nitrogen and oxygen atoms in total. The van der Waals surface area contributed by atoms with Gasteiger partial charge in [-0.3, -0.25) is 9.79 Å². The van der Waals surface area contributed by atoms with Crippen LogP contribution in [0.1, 0.15) is 38.8 Å². The van der Waals surface area contributed by atoms with Gasteiger partial charge in [0, 0.05) is 17.5 Å². The zero-order valence-corrected chi connectivity index (χ0v) is 18.5. The molecule has 6 heteroatoms. The van der Waals surface area contributed by atoms with Crippen molar-refractivity contribution in [3.8, 4) is 11.5 Å². The number of anilines is 1. The lowest BCUT2D eigenvalue weighted by Crippen LogP contribution is -2.54. The summed E-state index contributed by atoms with van der Waals surface area (Å²) in [6, 6.07) is 15.9. The molecule has 0 spiro atoms. The molecule has 164 valence electrons. The normalized spacial score (nSPS) is 15.1. The summed E-state index contributed by atoms with van der Waals surface area (Å²) in [4.78, 5) is 18.3. The van der Waals surface area contributed by atoms with Crippen molar-refractivity contribution in [2.45, 2.75) is 39.3 Å². The standard InChI is InChI=1S/C25H31N3O3/c1-5-19(15-26-4)25(29)27-18(3)20-7-11-23(12-8-20)31-24-16-28(17-24)21-9-13-22(14-10-21)30-6-2/h7-15,18,24H,4-6,16-17H2,1-3H3,(H,27,29)/b19-15+/t18-/m0/s1. The van der Waals surface area contributed by atoms with Crippen molar-refractivity contribution in [3.05, 3.63) is 65.9 Å². The molecule has 1 aliphatic heterocycles. The Labute approximate surface area is 184 Å². The number of carbonyl (C=O) groups is 1. The number of ether oxygens (including phenoxy) is 2. The molecule has 1 heterocycles. The summed E-state index contributed by atoms with van der Waals surface area (Å²) >= 11 is 0. The van der Waals surface area contributed by atoms with Crippen molar-refractivity contribution < 1.29 is 14.3 Å². The molecule has 1 fully saturated rings. The SMILES string of the molecule is C=N/C=C(\CC)C(=O)N[C@@H](C)c1ccc(OC2CN(c3ccc(OCC)cc3)C2)cc1. The fourth-order valence-electron chi connectivity index (χ4n) is 3.46. The molecule has 0 radical (unpaired) electrons. The topological polar surface area (TPSA) is 63.2 Å².